The fourth-order valence-electron chi connectivity index (χ4n) is 6.69. The van der Waals surface area contributed by atoms with E-state index in [1.807, 2.05) is 0 Å². The Morgan fingerprint density at radius 2 is 2.00 bits per heavy atom. The van der Waals surface area contributed by atoms with Crippen LogP contribution in [-0.2, 0) is 6.18 Å². The number of pyridine rings is 1. The standard InChI is InChI=1S/C24H33F3N6/c1-4-32-5-7-33(8-6-32)18-10-15-20-21(18)23(15,20)19(31-13(2)3)11-17(28)14-9-16(24(25,26)27)22(29)30-12-14/h9,11-13,15,18,20-21,28,31H,4-8,10H2,1-3H3,(H2,29,30)/b19-11-,28-17?/t15-,18?,20?,21?,23+/m0/s1. The molecule has 2 bridgehead atoms. The first-order chi connectivity index (χ1) is 15.6. The number of halogens is 3. The van der Waals surface area contributed by atoms with Gasteiger partial charge in [-0.3, -0.25) is 4.90 Å². The summed E-state index contributed by atoms with van der Waals surface area (Å²) in [5.74, 6) is 1.30. The van der Waals surface area contributed by atoms with Gasteiger partial charge in [-0.05, 0) is 56.7 Å². The van der Waals surface area contributed by atoms with E-state index in [4.69, 9.17) is 11.1 Å². The maximum Gasteiger partial charge on any atom is 0.419 e. The minimum absolute atomic E-state index is 0.0376. The first-order valence-electron chi connectivity index (χ1n) is 12.0. The zero-order chi connectivity index (χ0) is 23.7. The molecule has 1 aromatic rings. The minimum Gasteiger partial charge on any atom is -0.386 e. The number of anilines is 1. The van der Waals surface area contributed by atoms with Crippen molar-refractivity contribution in [3.05, 3.63) is 35.2 Å². The first kappa shape index (κ1) is 22.7. The second-order valence-corrected chi connectivity index (χ2v) is 10.3. The number of allylic oxidation sites excluding steroid dienone is 2. The number of nitrogens with one attached hydrogen (secondary N) is 2. The Kier molecular flexibility index (Phi) is 5.28. The lowest BCUT2D eigenvalue weighted by Crippen LogP contribution is -2.50. The number of likely N-dealkylation sites (N-methyl/N-ethyl adjacent to an activating group) is 1. The molecule has 0 aromatic carbocycles. The lowest BCUT2D eigenvalue weighted by molar-refractivity contribution is -0.137. The van der Waals surface area contributed by atoms with Crippen molar-refractivity contribution in [2.24, 2.45) is 23.2 Å². The molecule has 6 rings (SSSR count). The third kappa shape index (κ3) is 3.55. The zero-order valence-electron chi connectivity index (χ0n) is 19.4. The molecule has 5 atom stereocenters. The predicted octanol–water partition coefficient (Wildman–Crippen LogP) is 3.20. The molecular formula is C24H33F3N6. The second-order valence-electron chi connectivity index (χ2n) is 10.3. The summed E-state index contributed by atoms with van der Waals surface area (Å²) in [4.78, 5) is 8.84. The van der Waals surface area contributed by atoms with Crippen LogP contribution in [0, 0.1) is 28.6 Å². The minimum atomic E-state index is -4.60. The van der Waals surface area contributed by atoms with Gasteiger partial charge in [0.25, 0.3) is 0 Å². The zero-order valence-corrected chi connectivity index (χ0v) is 19.4. The van der Waals surface area contributed by atoms with Gasteiger partial charge in [0, 0.05) is 61.1 Å². The maximum absolute atomic E-state index is 13.3. The van der Waals surface area contributed by atoms with Crippen molar-refractivity contribution in [3.63, 3.8) is 0 Å². The van der Waals surface area contributed by atoms with Crippen LogP contribution in [0.25, 0.3) is 0 Å². The summed E-state index contributed by atoms with van der Waals surface area (Å²) in [7, 11) is 0. The van der Waals surface area contributed by atoms with E-state index < -0.39 is 17.6 Å². The molecule has 0 spiro atoms. The molecule has 3 unspecified atom stereocenters. The van der Waals surface area contributed by atoms with E-state index in [-0.39, 0.29) is 22.7 Å². The van der Waals surface area contributed by atoms with Gasteiger partial charge >= 0.3 is 6.18 Å². The van der Waals surface area contributed by atoms with E-state index in [2.05, 4.69) is 40.9 Å². The Labute approximate surface area is 192 Å². The largest absolute Gasteiger partial charge is 0.419 e. The molecule has 1 saturated heterocycles. The highest BCUT2D eigenvalue weighted by Gasteiger charge is 2.93. The first-order valence-corrected chi connectivity index (χ1v) is 12.0. The molecule has 1 aromatic heterocycles. The maximum atomic E-state index is 13.3. The van der Waals surface area contributed by atoms with Crippen molar-refractivity contribution in [2.75, 3.05) is 38.5 Å². The highest BCUT2D eigenvalue weighted by atomic mass is 19.4. The van der Waals surface area contributed by atoms with Crippen LogP contribution in [0.1, 0.15) is 38.3 Å². The number of hydrogen-bond acceptors (Lipinski definition) is 6. The molecule has 2 heterocycles. The molecule has 9 heteroatoms. The predicted molar refractivity (Wildman–Crippen MR) is 122 cm³/mol. The summed E-state index contributed by atoms with van der Waals surface area (Å²) in [5.41, 5.74) is 5.72. The summed E-state index contributed by atoms with van der Waals surface area (Å²) in [6.45, 7) is 11.9. The van der Waals surface area contributed by atoms with Crippen LogP contribution in [0.2, 0.25) is 0 Å². The van der Waals surface area contributed by atoms with E-state index in [9.17, 15) is 13.2 Å². The highest BCUT2D eigenvalue weighted by molar-refractivity contribution is 6.07. The van der Waals surface area contributed by atoms with Crippen LogP contribution in [0.15, 0.2) is 24.0 Å². The average molecular weight is 463 g/mol. The van der Waals surface area contributed by atoms with Crippen LogP contribution in [0.4, 0.5) is 19.0 Å². The van der Waals surface area contributed by atoms with Gasteiger partial charge in [0.1, 0.15) is 5.82 Å². The molecule has 4 N–H and O–H groups in total. The fraction of sp³-hybridized carbons (Fsp3) is 0.667. The molecule has 5 fully saturated rings. The van der Waals surface area contributed by atoms with E-state index in [0.29, 0.717) is 23.8 Å². The van der Waals surface area contributed by atoms with Gasteiger partial charge in [-0.15, -0.1) is 0 Å². The number of nitrogens with two attached hydrogens (primary N) is 1. The Balaban J connectivity index is 1.37. The van der Waals surface area contributed by atoms with Crippen molar-refractivity contribution in [2.45, 2.75) is 45.5 Å². The van der Waals surface area contributed by atoms with Crippen LogP contribution in [0.3, 0.4) is 0 Å². The van der Waals surface area contributed by atoms with Crippen molar-refractivity contribution in [3.8, 4) is 0 Å². The Bertz CT molecular complexity index is 975. The molecule has 0 radical (unpaired) electrons. The van der Waals surface area contributed by atoms with Crippen molar-refractivity contribution < 1.29 is 13.2 Å². The molecule has 6 nitrogen and oxygen atoms in total. The molecule has 180 valence electrons. The van der Waals surface area contributed by atoms with Gasteiger partial charge in [0.2, 0.25) is 0 Å². The number of hydrogen-bond donors (Lipinski definition) is 3. The van der Waals surface area contributed by atoms with Gasteiger partial charge in [0.15, 0.2) is 0 Å². The quantitative estimate of drug-likeness (QED) is 0.542. The molecular weight excluding hydrogens is 429 g/mol. The Morgan fingerprint density at radius 3 is 2.58 bits per heavy atom. The van der Waals surface area contributed by atoms with Crippen molar-refractivity contribution >= 4 is 11.5 Å². The number of nitrogen functional groups attached to an aromatic ring is 1. The number of aromatic nitrogens is 1. The molecule has 1 aliphatic heterocycles. The topological polar surface area (TPSA) is 81.3 Å². The van der Waals surface area contributed by atoms with Crippen molar-refractivity contribution in [1.82, 2.24) is 20.1 Å². The van der Waals surface area contributed by atoms with Gasteiger partial charge < -0.3 is 21.4 Å². The number of rotatable bonds is 7. The third-order valence-electron chi connectivity index (χ3n) is 8.29. The number of alkyl halides is 3. The van der Waals surface area contributed by atoms with Crippen LogP contribution < -0.4 is 11.1 Å². The van der Waals surface area contributed by atoms with E-state index >= 15 is 0 Å². The number of fused-ring (bicyclic) bond motifs is 1. The van der Waals surface area contributed by atoms with Gasteiger partial charge in [-0.2, -0.15) is 13.2 Å². The Morgan fingerprint density at radius 1 is 1.30 bits per heavy atom. The Hall–Kier alpha value is -2.13. The third-order valence-corrected chi connectivity index (χ3v) is 8.29. The summed E-state index contributed by atoms with van der Waals surface area (Å²) >= 11 is 0. The van der Waals surface area contributed by atoms with Gasteiger partial charge in [-0.1, -0.05) is 6.92 Å². The summed E-state index contributed by atoms with van der Waals surface area (Å²) in [5, 5.41) is 12.1. The number of nitrogens with zero attached hydrogens (tertiary/aromatic N) is 3. The van der Waals surface area contributed by atoms with Gasteiger partial charge in [0.05, 0.1) is 11.3 Å². The highest BCUT2D eigenvalue weighted by Crippen LogP contribution is 2.93. The van der Waals surface area contributed by atoms with Gasteiger partial charge in [-0.25, -0.2) is 4.98 Å². The summed E-state index contributed by atoms with van der Waals surface area (Å²) in [6, 6.07) is 1.70. The molecule has 4 aliphatic carbocycles. The van der Waals surface area contributed by atoms with E-state index in [1.165, 1.54) is 12.6 Å². The average Bonchev–Trinajstić information content (AvgIpc) is 3.50. The monoisotopic (exact) mass is 462 g/mol. The molecule has 5 aliphatic rings. The molecule has 33 heavy (non-hydrogen) atoms. The lowest BCUT2D eigenvalue weighted by atomic mass is 9.97. The van der Waals surface area contributed by atoms with E-state index in [1.54, 1.807) is 6.08 Å². The lowest BCUT2D eigenvalue weighted by Gasteiger charge is -2.38. The smallest absolute Gasteiger partial charge is 0.386 e. The summed E-state index contributed by atoms with van der Waals surface area (Å²) < 4.78 is 39.9. The van der Waals surface area contributed by atoms with Crippen LogP contribution in [0.5, 0.6) is 0 Å². The van der Waals surface area contributed by atoms with Crippen molar-refractivity contribution in [1.29, 1.82) is 5.41 Å². The normalized spacial score (nSPS) is 33.8. The van der Waals surface area contributed by atoms with E-state index in [0.717, 1.165) is 44.5 Å². The van der Waals surface area contributed by atoms with Crippen LogP contribution >= 0.6 is 0 Å². The SMILES string of the molecule is CCN1CCN(C2C[C@H]3C4C2[C@]43/C(=C/C(=N)c2cnc(N)c(C(F)(F)F)c2)NC(C)C)CC1. The second kappa shape index (κ2) is 7.70. The fourth-order valence-corrected chi connectivity index (χ4v) is 6.69. The van der Waals surface area contributed by atoms with Crippen LogP contribution in [-0.4, -0.2) is 65.3 Å². The molecule has 0 amide bonds. The summed E-state index contributed by atoms with van der Waals surface area (Å²) in [6.07, 6.45) is -0.401. The molecule has 4 saturated carbocycles. The number of piperazine rings is 1.